The number of rotatable bonds is 7. The first-order valence-corrected chi connectivity index (χ1v) is 8.17. The molecule has 0 fully saturated rings. The minimum atomic E-state index is -3.88. The predicted molar refractivity (Wildman–Crippen MR) is 78.0 cm³/mol. The van der Waals surface area contributed by atoms with Gasteiger partial charge in [-0.2, -0.15) is 9.59 Å². The van der Waals surface area contributed by atoms with Gasteiger partial charge in [-0.25, -0.2) is 0 Å². The molecule has 2 atom stereocenters. The van der Waals surface area contributed by atoms with E-state index < -0.39 is 18.1 Å². The largest absolute Gasteiger partial charge is 0.490 e. The molecule has 0 saturated heterocycles. The number of hydrogen-bond donors (Lipinski definition) is 3. The van der Waals surface area contributed by atoms with Crippen molar-refractivity contribution >= 4 is 19.2 Å². The lowest BCUT2D eigenvalue weighted by molar-refractivity contribution is -0.385. The number of hydrogen-bond acceptors (Lipinski definition) is 8. The molecule has 0 bridgehead atoms. The first-order chi connectivity index (χ1) is 10.7. The van der Waals surface area contributed by atoms with Gasteiger partial charge in [0, 0.05) is 12.2 Å². The highest BCUT2D eigenvalue weighted by Crippen LogP contribution is 2.54. The molecule has 0 radical (unpaired) electrons. The maximum absolute atomic E-state index is 12.0. The molecule has 0 aliphatic carbocycles. The number of methoxy groups -OCH3 is 1. The van der Waals surface area contributed by atoms with Crippen LogP contribution in [0.25, 0.3) is 0 Å². The number of aliphatic hydroxyl groups excluding tert-OH is 1. The van der Waals surface area contributed by atoms with Gasteiger partial charge in [-0.3, -0.25) is 14.7 Å². The van der Waals surface area contributed by atoms with Gasteiger partial charge in [0.2, 0.25) is 7.37 Å². The van der Waals surface area contributed by atoms with Gasteiger partial charge in [0.05, 0.1) is 12.0 Å². The highest BCUT2D eigenvalue weighted by molar-refractivity contribution is 7.58. The Balaban J connectivity index is 0.00000149. The maximum atomic E-state index is 12.0. The van der Waals surface area contributed by atoms with Crippen molar-refractivity contribution in [2.24, 2.45) is 5.73 Å². The van der Waals surface area contributed by atoms with Crippen LogP contribution in [-0.4, -0.2) is 40.9 Å². The highest BCUT2D eigenvalue weighted by Gasteiger charge is 2.31. The number of nitro benzene ring substituents is 1. The molecule has 1 rings (SSSR count). The zero-order chi connectivity index (χ0) is 18.0. The second kappa shape index (κ2) is 9.83. The fourth-order valence-electron chi connectivity index (χ4n) is 1.68. The van der Waals surface area contributed by atoms with Crippen molar-refractivity contribution in [3.8, 4) is 5.75 Å². The van der Waals surface area contributed by atoms with Crippen molar-refractivity contribution in [2.45, 2.75) is 12.3 Å². The van der Waals surface area contributed by atoms with Gasteiger partial charge in [0.25, 0.3) is 0 Å². The lowest BCUT2D eigenvalue weighted by Crippen LogP contribution is -2.07. The van der Waals surface area contributed by atoms with Crippen LogP contribution in [0.3, 0.4) is 0 Å². The van der Waals surface area contributed by atoms with Crippen LogP contribution in [-0.2, 0) is 14.2 Å². The third-order valence-electron chi connectivity index (χ3n) is 2.76. The molecule has 1 aromatic rings. The van der Waals surface area contributed by atoms with Crippen molar-refractivity contribution < 1.29 is 33.8 Å². The summed E-state index contributed by atoms with van der Waals surface area (Å²) in [6.45, 7) is 0.222. The smallest absolute Gasteiger partial charge is 0.373 e. The Kier molecular flexibility index (Phi) is 8.94. The maximum Gasteiger partial charge on any atom is 0.373 e. The molecule has 0 saturated carbocycles. The number of benzene rings is 1. The number of aliphatic hydroxyl groups is 1. The number of nitro groups is 1. The van der Waals surface area contributed by atoms with E-state index in [1.54, 1.807) is 0 Å². The Morgan fingerprint density at radius 1 is 1.48 bits per heavy atom. The third kappa shape index (κ3) is 6.27. The van der Waals surface area contributed by atoms with Crippen molar-refractivity contribution in [1.82, 2.24) is 0 Å². The molecule has 128 valence electrons. The summed E-state index contributed by atoms with van der Waals surface area (Å²) in [5, 5.41) is 20.8. The highest BCUT2D eigenvalue weighted by atomic mass is 31.2. The summed E-state index contributed by atoms with van der Waals surface area (Å²) >= 11 is 0. The average molecular weight is 348 g/mol. The molecule has 1 aromatic carbocycles. The number of ether oxygens (including phenoxy) is 1. The van der Waals surface area contributed by atoms with Crippen LogP contribution in [0.2, 0.25) is 0 Å². The van der Waals surface area contributed by atoms with Crippen LogP contribution in [0.1, 0.15) is 17.8 Å². The third-order valence-corrected chi connectivity index (χ3v) is 4.78. The summed E-state index contributed by atoms with van der Waals surface area (Å²) in [4.78, 5) is 36.2. The molecule has 0 spiro atoms. The minimum Gasteiger partial charge on any atom is -0.490 e. The lowest BCUT2D eigenvalue weighted by atomic mass is 10.2. The molecule has 23 heavy (non-hydrogen) atoms. The fraction of sp³-hybridized carbons (Fsp3) is 0.417. The van der Waals surface area contributed by atoms with Crippen molar-refractivity contribution in [2.75, 3.05) is 19.8 Å². The van der Waals surface area contributed by atoms with Crippen LogP contribution in [0.4, 0.5) is 5.69 Å². The van der Waals surface area contributed by atoms with E-state index in [9.17, 15) is 24.7 Å². The molecule has 2 unspecified atom stereocenters. The molecular weight excluding hydrogens is 331 g/mol. The van der Waals surface area contributed by atoms with E-state index >= 15 is 0 Å². The summed E-state index contributed by atoms with van der Waals surface area (Å²) in [7, 11) is -2.61. The van der Waals surface area contributed by atoms with Crippen LogP contribution in [0, 0.1) is 10.1 Å². The number of nitrogens with zero attached hydrogens (tertiary/aromatic N) is 1. The van der Waals surface area contributed by atoms with Crippen molar-refractivity contribution in [1.29, 1.82) is 0 Å². The first kappa shape index (κ1) is 20.9. The monoisotopic (exact) mass is 348 g/mol. The Bertz CT molecular complexity index is 615. The second-order valence-corrected chi connectivity index (χ2v) is 6.71. The van der Waals surface area contributed by atoms with E-state index in [-0.39, 0.29) is 42.3 Å². The van der Waals surface area contributed by atoms with Gasteiger partial charge < -0.3 is 20.5 Å². The molecule has 10 nitrogen and oxygen atoms in total. The summed E-state index contributed by atoms with van der Waals surface area (Å²) < 4.78 is 16.8. The van der Waals surface area contributed by atoms with Crippen LogP contribution in [0.5, 0.6) is 5.75 Å². The van der Waals surface area contributed by atoms with Crippen LogP contribution >= 0.6 is 7.37 Å². The van der Waals surface area contributed by atoms with Gasteiger partial charge in [-0.15, -0.1) is 0 Å². The molecule has 4 N–H and O–H groups in total. The van der Waals surface area contributed by atoms with Gasteiger partial charge in [0.15, 0.2) is 11.6 Å². The topological polar surface area (TPSA) is 170 Å². The molecular formula is C12H17N2O8P. The predicted octanol–water partition coefficient (Wildman–Crippen LogP) is 0.630. The van der Waals surface area contributed by atoms with E-state index in [1.165, 1.54) is 19.2 Å². The molecule has 11 heteroatoms. The van der Waals surface area contributed by atoms with Crippen molar-refractivity contribution in [3.05, 3.63) is 33.9 Å². The Hall–Kier alpha value is -2.09. The van der Waals surface area contributed by atoms with E-state index in [0.29, 0.717) is 0 Å². The summed E-state index contributed by atoms with van der Waals surface area (Å²) in [5.74, 6) is -1.67. The summed E-state index contributed by atoms with van der Waals surface area (Å²) in [5.41, 5.74) is 4.88. The summed E-state index contributed by atoms with van der Waals surface area (Å²) in [6.07, 6.45) is 0.383. The number of carbonyl (C=O) groups excluding carboxylic acids is 2. The average Bonchev–Trinajstić information content (AvgIpc) is 2.52. The Morgan fingerprint density at radius 2 is 2.04 bits per heavy atom. The van der Waals surface area contributed by atoms with Gasteiger partial charge in [-0.05, 0) is 24.6 Å². The molecule has 0 heterocycles. The zero-order valence-electron chi connectivity index (χ0n) is 12.2. The van der Waals surface area contributed by atoms with E-state index in [0.717, 1.165) is 6.07 Å². The molecule has 0 aromatic heterocycles. The SMILES string of the molecule is COc1ccc(C(O)P(=O)(O)CCCN)cc1[N+](=O)[O-].O=C=O. The Morgan fingerprint density at radius 3 is 2.48 bits per heavy atom. The quantitative estimate of drug-likeness (QED) is 0.363. The van der Waals surface area contributed by atoms with E-state index in [2.05, 4.69) is 0 Å². The Labute approximate surface area is 131 Å². The van der Waals surface area contributed by atoms with Gasteiger partial charge in [-0.1, -0.05) is 6.07 Å². The van der Waals surface area contributed by atoms with Gasteiger partial charge >= 0.3 is 11.8 Å². The van der Waals surface area contributed by atoms with Crippen LogP contribution in [0.15, 0.2) is 18.2 Å². The summed E-state index contributed by atoms with van der Waals surface area (Å²) in [6, 6.07) is 3.64. The molecule has 0 aliphatic heterocycles. The van der Waals surface area contributed by atoms with Crippen LogP contribution < -0.4 is 10.5 Å². The molecule has 0 aliphatic rings. The fourth-order valence-corrected chi connectivity index (χ4v) is 3.19. The van der Waals surface area contributed by atoms with Gasteiger partial charge in [0.1, 0.15) is 0 Å². The van der Waals surface area contributed by atoms with E-state index in [1.807, 2.05) is 0 Å². The van der Waals surface area contributed by atoms with Crippen molar-refractivity contribution in [3.63, 3.8) is 0 Å². The minimum absolute atomic E-state index is 0.000328. The normalized spacial score (nSPS) is 13.7. The number of nitrogens with two attached hydrogens (primary N) is 1. The second-order valence-electron chi connectivity index (χ2n) is 4.27. The zero-order valence-corrected chi connectivity index (χ0v) is 13.1. The lowest BCUT2D eigenvalue weighted by Gasteiger charge is -2.18. The van der Waals surface area contributed by atoms with E-state index in [4.69, 9.17) is 20.1 Å². The molecule has 0 amide bonds. The standard InChI is InChI=1S/C11H17N2O6P.CO2/c1-19-10-4-3-8(7-9(10)13(15)16)11(14)20(17,18)6-2-5-12;2-1-3/h3-4,7,11,14H,2,5-6,12H2,1H3,(H,17,18);. The first-order valence-electron chi connectivity index (χ1n) is 6.26.